The number of rotatable bonds is 4. The molecule has 22 heavy (non-hydrogen) atoms. The van der Waals surface area contributed by atoms with Gasteiger partial charge in [-0.2, -0.15) is 0 Å². The van der Waals surface area contributed by atoms with Gasteiger partial charge < -0.3 is 16.0 Å². The van der Waals surface area contributed by atoms with Gasteiger partial charge in [-0.1, -0.05) is 18.2 Å². The number of urea groups is 1. The maximum Gasteiger partial charge on any atom is 0.323 e. The molecule has 2 aromatic rings. The van der Waals surface area contributed by atoms with Crippen molar-refractivity contribution in [2.24, 2.45) is 5.92 Å². The minimum absolute atomic E-state index is 0.0718. The van der Waals surface area contributed by atoms with Crippen LogP contribution in [0, 0.1) is 5.92 Å². The Labute approximate surface area is 128 Å². The molecule has 0 aromatic heterocycles. The zero-order valence-corrected chi connectivity index (χ0v) is 12.0. The van der Waals surface area contributed by atoms with Gasteiger partial charge >= 0.3 is 6.03 Å². The predicted molar refractivity (Wildman–Crippen MR) is 86.9 cm³/mol. The topological polar surface area (TPSA) is 70.2 Å². The van der Waals surface area contributed by atoms with Crippen LogP contribution >= 0.6 is 0 Å². The molecule has 5 heteroatoms. The first-order valence-corrected chi connectivity index (χ1v) is 7.25. The summed E-state index contributed by atoms with van der Waals surface area (Å²) in [5.74, 6) is 0.247. The zero-order valence-electron chi connectivity index (χ0n) is 12.0. The number of carbonyl (C=O) groups excluding carboxylic acids is 2. The Morgan fingerprint density at radius 2 is 1.23 bits per heavy atom. The van der Waals surface area contributed by atoms with Crippen LogP contribution in [0.5, 0.6) is 0 Å². The third kappa shape index (κ3) is 3.85. The highest BCUT2D eigenvalue weighted by Gasteiger charge is 2.29. The monoisotopic (exact) mass is 295 g/mol. The molecule has 1 saturated carbocycles. The molecule has 1 fully saturated rings. The molecule has 0 heterocycles. The molecule has 1 aliphatic carbocycles. The summed E-state index contributed by atoms with van der Waals surface area (Å²) < 4.78 is 0. The average Bonchev–Trinajstić information content (AvgIpc) is 3.35. The van der Waals surface area contributed by atoms with E-state index < -0.39 is 0 Å². The molecular formula is C17H17N3O2. The average molecular weight is 295 g/mol. The van der Waals surface area contributed by atoms with Crippen LogP contribution in [0.25, 0.3) is 0 Å². The Hall–Kier alpha value is -2.82. The van der Waals surface area contributed by atoms with Crippen LogP contribution in [0.1, 0.15) is 12.8 Å². The highest BCUT2D eigenvalue weighted by molar-refractivity contribution is 6.00. The Balaban J connectivity index is 1.54. The fourth-order valence-electron chi connectivity index (χ4n) is 2.04. The van der Waals surface area contributed by atoms with E-state index >= 15 is 0 Å². The van der Waals surface area contributed by atoms with Gasteiger partial charge in [0.15, 0.2) is 0 Å². The first-order valence-electron chi connectivity index (χ1n) is 7.25. The van der Waals surface area contributed by atoms with E-state index in [9.17, 15) is 9.59 Å². The van der Waals surface area contributed by atoms with Crippen molar-refractivity contribution in [2.75, 3.05) is 16.0 Å². The Morgan fingerprint density at radius 1 is 0.727 bits per heavy atom. The van der Waals surface area contributed by atoms with Crippen LogP contribution in [0.3, 0.4) is 0 Å². The predicted octanol–water partition coefficient (Wildman–Crippen LogP) is 3.68. The van der Waals surface area contributed by atoms with Crippen LogP contribution < -0.4 is 16.0 Å². The molecule has 1 aliphatic rings. The molecule has 0 unspecified atom stereocenters. The van der Waals surface area contributed by atoms with Crippen LogP contribution in [-0.2, 0) is 4.79 Å². The van der Waals surface area contributed by atoms with Gasteiger partial charge in [0.05, 0.1) is 0 Å². The number of benzene rings is 2. The molecule has 3 N–H and O–H groups in total. The van der Waals surface area contributed by atoms with E-state index in [0.717, 1.165) is 24.2 Å². The number of para-hydroxylation sites is 1. The highest BCUT2D eigenvalue weighted by atomic mass is 16.2. The molecule has 0 radical (unpaired) electrons. The highest BCUT2D eigenvalue weighted by Crippen LogP contribution is 2.30. The first kappa shape index (κ1) is 14.1. The number of carbonyl (C=O) groups is 2. The maximum atomic E-state index is 11.9. The molecule has 0 bridgehead atoms. The van der Waals surface area contributed by atoms with Crippen molar-refractivity contribution in [2.45, 2.75) is 12.8 Å². The third-order valence-corrected chi connectivity index (χ3v) is 3.39. The van der Waals surface area contributed by atoms with Gasteiger partial charge in [0.2, 0.25) is 5.91 Å². The fraction of sp³-hybridized carbons (Fsp3) is 0.176. The first-order chi connectivity index (χ1) is 10.7. The van der Waals surface area contributed by atoms with Crippen molar-refractivity contribution >= 4 is 29.0 Å². The quantitative estimate of drug-likeness (QED) is 0.805. The number of amides is 3. The van der Waals surface area contributed by atoms with E-state index in [-0.39, 0.29) is 17.9 Å². The van der Waals surface area contributed by atoms with Crippen LogP contribution in [-0.4, -0.2) is 11.9 Å². The van der Waals surface area contributed by atoms with Gasteiger partial charge in [0, 0.05) is 23.0 Å². The minimum atomic E-state index is -0.305. The van der Waals surface area contributed by atoms with Gasteiger partial charge in [0.25, 0.3) is 0 Å². The van der Waals surface area contributed by atoms with E-state index in [2.05, 4.69) is 16.0 Å². The smallest absolute Gasteiger partial charge is 0.323 e. The number of nitrogens with one attached hydrogen (secondary N) is 3. The molecule has 3 rings (SSSR count). The second kappa shape index (κ2) is 6.30. The molecule has 112 valence electrons. The summed E-state index contributed by atoms with van der Waals surface area (Å²) >= 11 is 0. The number of hydrogen-bond acceptors (Lipinski definition) is 2. The Kier molecular flexibility index (Phi) is 4.05. The van der Waals surface area contributed by atoms with Crippen molar-refractivity contribution in [1.29, 1.82) is 0 Å². The normalized spacial score (nSPS) is 13.3. The van der Waals surface area contributed by atoms with Crippen molar-refractivity contribution in [3.63, 3.8) is 0 Å². The SMILES string of the molecule is O=C(Nc1ccccc1)Nc1ccc(NC(=O)C2CC2)cc1. The van der Waals surface area contributed by atoms with Gasteiger partial charge in [-0.15, -0.1) is 0 Å². The lowest BCUT2D eigenvalue weighted by Gasteiger charge is -2.09. The van der Waals surface area contributed by atoms with Crippen LogP contribution in [0.15, 0.2) is 54.6 Å². The lowest BCUT2D eigenvalue weighted by molar-refractivity contribution is -0.117. The van der Waals surface area contributed by atoms with Crippen molar-refractivity contribution in [1.82, 2.24) is 0 Å². The molecule has 5 nitrogen and oxygen atoms in total. The zero-order chi connectivity index (χ0) is 15.4. The van der Waals surface area contributed by atoms with Crippen molar-refractivity contribution in [3.8, 4) is 0 Å². The Morgan fingerprint density at radius 3 is 1.77 bits per heavy atom. The molecule has 0 aliphatic heterocycles. The standard InChI is InChI=1S/C17H17N3O2/c21-16(12-6-7-12)18-14-8-10-15(11-9-14)20-17(22)19-13-4-2-1-3-5-13/h1-5,8-12H,6-7H2,(H,18,21)(H2,19,20,22). The van der Waals surface area contributed by atoms with Gasteiger partial charge in [-0.25, -0.2) is 4.79 Å². The molecule has 0 atom stereocenters. The lowest BCUT2D eigenvalue weighted by atomic mass is 10.2. The third-order valence-electron chi connectivity index (χ3n) is 3.39. The summed E-state index contributed by atoms with van der Waals surface area (Å²) in [6.45, 7) is 0. The number of anilines is 3. The largest absolute Gasteiger partial charge is 0.326 e. The van der Waals surface area contributed by atoms with Crippen molar-refractivity contribution in [3.05, 3.63) is 54.6 Å². The summed E-state index contributed by atoms with van der Waals surface area (Å²) in [7, 11) is 0. The summed E-state index contributed by atoms with van der Waals surface area (Å²) in [5.41, 5.74) is 2.14. The minimum Gasteiger partial charge on any atom is -0.326 e. The maximum absolute atomic E-state index is 11.9. The molecule has 0 saturated heterocycles. The fourth-order valence-corrected chi connectivity index (χ4v) is 2.04. The van der Waals surface area contributed by atoms with E-state index in [1.54, 1.807) is 24.3 Å². The Bertz CT molecular complexity index is 664. The van der Waals surface area contributed by atoms with Crippen LogP contribution in [0.4, 0.5) is 21.9 Å². The summed E-state index contributed by atoms with van der Waals surface area (Å²) in [5, 5.41) is 8.34. The lowest BCUT2D eigenvalue weighted by Crippen LogP contribution is -2.19. The van der Waals surface area contributed by atoms with Gasteiger partial charge in [-0.05, 0) is 49.2 Å². The van der Waals surface area contributed by atoms with E-state index in [1.165, 1.54) is 0 Å². The molecular weight excluding hydrogens is 278 g/mol. The summed E-state index contributed by atoms with van der Waals surface area (Å²) in [6.07, 6.45) is 1.95. The van der Waals surface area contributed by atoms with Gasteiger partial charge in [-0.3, -0.25) is 4.79 Å². The van der Waals surface area contributed by atoms with E-state index in [1.807, 2.05) is 30.3 Å². The number of hydrogen-bond donors (Lipinski definition) is 3. The molecule has 2 aromatic carbocycles. The molecule has 3 amide bonds. The molecule has 0 spiro atoms. The van der Waals surface area contributed by atoms with E-state index in [4.69, 9.17) is 0 Å². The van der Waals surface area contributed by atoms with Crippen LogP contribution in [0.2, 0.25) is 0 Å². The summed E-state index contributed by atoms with van der Waals surface area (Å²) in [6, 6.07) is 16.0. The second-order valence-electron chi connectivity index (χ2n) is 5.29. The summed E-state index contributed by atoms with van der Waals surface area (Å²) in [4.78, 5) is 23.5. The van der Waals surface area contributed by atoms with Crippen molar-refractivity contribution < 1.29 is 9.59 Å². The van der Waals surface area contributed by atoms with E-state index in [0.29, 0.717) is 5.69 Å². The second-order valence-corrected chi connectivity index (χ2v) is 5.29. The van der Waals surface area contributed by atoms with Gasteiger partial charge in [0.1, 0.15) is 0 Å².